The average Bonchev–Trinajstić information content (AvgIpc) is 2.39. The number of benzene rings is 2. The molecule has 0 atom stereocenters. The van der Waals surface area contributed by atoms with Gasteiger partial charge in [0.05, 0.1) is 0 Å². The lowest BCUT2D eigenvalue weighted by Gasteiger charge is -2.08. The van der Waals surface area contributed by atoms with Gasteiger partial charge in [-0.25, -0.2) is 18.0 Å². The molecule has 2 rings (SSSR count). The van der Waals surface area contributed by atoms with Crippen molar-refractivity contribution in [1.29, 1.82) is 0 Å². The zero-order chi connectivity index (χ0) is 15.4. The molecule has 0 bridgehead atoms. The first-order chi connectivity index (χ1) is 9.94. The highest BCUT2D eigenvalue weighted by molar-refractivity contribution is 5.85. The molecular formula is C15H9F3O3. The zero-order valence-corrected chi connectivity index (χ0v) is 10.5. The number of ether oxygens (including phenoxy) is 1. The van der Waals surface area contributed by atoms with Crippen LogP contribution in [0.3, 0.4) is 0 Å². The summed E-state index contributed by atoms with van der Waals surface area (Å²) < 4.78 is 44.7. The Hall–Kier alpha value is -2.76. The first-order valence-electron chi connectivity index (χ1n) is 5.78. The van der Waals surface area contributed by atoms with Crippen molar-refractivity contribution in [1.82, 2.24) is 0 Å². The van der Waals surface area contributed by atoms with Crippen molar-refractivity contribution < 1.29 is 27.8 Å². The van der Waals surface area contributed by atoms with Crippen LogP contribution in [0.1, 0.15) is 5.56 Å². The van der Waals surface area contributed by atoms with E-state index in [1.807, 2.05) is 0 Å². The van der Waals surface area contributed by atoms with Gasteiger partial charge >= 0.3 is 5.97 Å². The minimum absolute atomic E-state index is 0.0365. The van der Waals surface area contributed by atoms with Gasteiger partial charge in [-0.2, -0.15) is 0 Å². The highest BCUT2D eigenvalue weighted by Gasteiger charge is 2.08. The predicted octanol–water partition coefficient (Wildman–Crippen LogP) is 3.99. The van der Waals surface area contributed by atoms with E-state index in [2.05, 4.69) is 0 Å². The quantitative estimate of drug-likeness (QED) is 0.867. The molecule has 0 aromatic heterocycles. The van der Waals surface area contributed by atoms with Crippen LogP contribution in [0.15, 0.2) is 42.5 Å². The van der Waals surface area contributed by atoms with Crippen molar-refractivity contribution in [3.05, 3.63) is 65.5 Å². The Labute approximate surface area is 117 Å². The van der Waals surface area contributed by atoms with Crippen LogP contribution in [0.25, 0.3) is 6.08 Å². The molecule has 21 heavy (non-hydrogen) atoms. The number of aliphatic carboxylic acids is 1. The van der Waals surface area contributed by atoms with Gasteiger partial charge in [0, 0.05) is 18.2 Å². The largest absolute Gasteiger partial charge is 0.478 e. The van der Waals surface area contributed by atoms with Crippen LogP contribution >= 0.6 is 0 Å². The van der Waals surface area contributed by atoms with Gasteiger partial charge in [-0.1, -0.05) is 0 Å². The van der Waals surface area contributed by atoms with Crippen LogP contribution in [-0.4, -0.2) is 11.1 Å². The molecule has 0 aliphatic carbocycles. The highest BCUT2D eigenvalue weighted by atomic mass is 19.1. The Morgan fingerprint density at radius 2 is 1.81 bits per heavy atom. The maximum Gasteiger partial charge on any atom is 0.328 e. The van der Waals surface area contributed by atoms with E-state index in [4.69, 9.17) is 9.84 Å². The van der Waals surface area contributed by atoms with Gasteiger partial charge in [0.2, 0.25) is 0 Å². The lowest BCUT2D eigenvalue weighted by molar-refractivity contribution is -0.131. The first-order valence-corrected chi connectivity index (χ1v) is 5.78. The normalized spacial score (nSPS) is 10.8. The SMILES string of the molecule is O=C(O)/C=C/c1cc(F)cc(Oc2ccc(F)cc2F)c1. The number of carboxylic acids is 1. The van der Waals surface area contributed by atoms with Gasteiger partial charge in [-0.15, -0.1) is 0 Å². The van der Waals surface area contributed by atoms with Gasteiger partial charge in [-0.3, -0.25) is 0 Å². The van der Waals surface area contributed by atoms with E-state index in [9.17, 15) is 18.0 Å². The fraction of sp³-hybridized carbons (Fsp3) is 0. The van der Waals surface area contributed by atoms with Crippen LogP contribution in [0, 0.1) is 17.5 Å². The molecule has 0 amide bonds. The number of hydrogen-bond acceptors (Lipinski definition) is 2. The summed E-state index contributed by atoms with van der Waals surface area (Å²) in [5.41, 5.74) is 0.231. The van der Waals surface area contributed by atoms with Crippen molar-refractivity contribution in [2.75, 3.05) is 0 Å². The third-order valence-electron chi connectivity index (χ3n) is 2.43. The van der Waals surface area contributed by atoms with Crippen LogP contribution in [-0.2, 0) is 4.79 Å². The molecule has 6 heteroatoms. The smallest absolute Gasteiger partial charge is 0.328 e. The number of rotatable bonds is 4. The summed E-state index contributed by atoms with van der Waals surface area (Å²) in [4.78, 5) is 10.4. The van der Waals surface area contributed by atoms with Gasteiger partial charge in [0.1, 0.15) is 17.4 Å². The number of carboxylic acid groups (broad SMARTS) is 1. The molecule has 108 valence electrons. The van der Waals surface area contributed by atoms with Crippen molar-refractivity contribution >= 4 is 12.0 Å². The third-order valence-corrected chi connectivity index (χ3v) is 2.43. The van der Waals surface area contributed by atoms with E-state index in [0.29, 0.717) is 6.07 Å². The van der Waals surface area contributed by atoms with Crippen LogP contribution in [0.4, 0.5) is 13.2 Å². The summed E-state index contributed by atoms with van der Waals surface area (Å²) in [7, 11) is 0. The standard InChI is InChI=1S/C15H9F3O3/c16-10-2-3-14(13(18)8-10)21-12-6-9(1-4-15(19)20)5-11(17)7-12/h1-8H,(H,19,20)/b4-1+. The number of halogens is 3. The molecule has 0 heterocycles. The molecule has 0 aliphatic rings. The van der Waals surface area contributed by atoms with Gasteiger partial charge in [-0.05, 0) is 35.9 Å². The fourth-order valence-corrected chi connectivity index (χ4v) is 1.59. The monoisotopic (exact) mass is 294 g/mol. The molecular weight excluding hydrogens is 285 g/mol. The topological polar surface area (TPSA) is 46.5 Å². The third kappa shape index (κ3) is 4.10. The molecule has 0 aliphatic heterocycles. The van der Waals surface area contributed by atoms with Crippen molar-refractivity contribution in [2.45, 2.75) is 0 Å². The molecule has 1 N–H and O–H groups in total. The second kappa shape index (κ2) is 6.13. The second-order valence-corrected chi connectivity index (χ2v) is 4.07. The summed E-state index contributed by atoms with van der Waals surface area (Å²) in [6.07, 6.45) is 2.00. The lowest BCUT2D eigenvalue weighted by atomic mass is 10.2. The average molecular weight is 294 g/mol. The predicted molar refractivity (Wildman–Crippen MR) is 69.5 cm³/mol. The molecule has 0 spiro atoms. The van der Waals surface area contributed by atoms with Crippen molar-refractivity contribution in [3.8, 4) is 11.5 Å². The zero-order valence-electron chi connectivity index (χ0n) is 10.5. The van der Waals surface area contributed by atoms with Gasteiger partial charge in [0.15, 0.2) is 11.6 Å². The van der Waals surface area contributed by atoms with Crippen LogP contribution in [0.5, 0.6) is 11.5 Å². The Balaban J connectivity index is 2.29. The van der Waals surface area contributed by atoms with E-state index in [-0.39, 0.29) is 17.1 Å². The maximum absolute atomic E-state index is 13.4. The van der Waals surface area contributed by atoms with Crippen LogP contribution < -0.4 is 4.74 Å². The molecule has 0 unspecified atom stereocenters. The Bertz CT molecular complexity index is 711. The summed E-state index contributed by atoms with van der Waals surface area (Å²) >= 11 is 0. The second-order valence-electron chi connectivity index (χ2n) is 4.07. The summed E-state index contributed by atoms with van der Waals surface area (Å²) in [6, 6.07) is 6.13. The summed E-state index contributed by atoms with van der Waals surface area (Å²) in [6.45, 7) is 0. The number of carbonyl (C=O) groups is 1. The van der Waals surface area contributed by atoms with Crippen LogP contribution in [0.2, 0.25) is 0 Å². The molecule has 2 aromatic carbocycles. The first kappa shape index (κ1) is 14.6. The molecule has 0 saturated heterocycles. The van der Waals surface area contributed by atoms with E-state index in [1.165, 1.54) is 12.1 Å². The molecule has 2 aromatic rings. The molecule has 0 radical (unpaired) electrons. The minimum atomic E-state index is -1.19. The van der Waals surface area contributed by atoms with Crippen molar-refractivity contribution in [2.24, 2.45) is 0 Å². The van der Waals surface area contributed by atoms with E-state index in [0.717, 1.165) is 30.3 Å². The van der Waals surface area contributed by atoms with E-state index >= 15 is 0 Å². The molecule has 0 saturated carbocycles. The minimum Gasteiger partial charge on any atom is -0.478 e. The Morgan fingerprint density at radius 1 is 1.05 bits per heavy atom. The Morgan fingerprint density at radius 3 is 2.48 bits per heavy atom. The van der Waals surface area contributed by atoms with E-state index < -0.39 is 23.4 Å². The maximum atomic E-state index is 13.4. The highest BCUT2D eigenvalue weighted by Crippen LogP contribution is 2.26. The van der Waals surface area contributed by atoms with Crippen molar-refractivity contribution in [3.63, 3.8) is 0 Å². The van der Waals surface area contributed by atoms with E-state index in [1.54, 1.807) is 0 Å². The van der Waals surface area contributed by atoms with Gasteiger partial charge < -0.3 is 9.84 Å². The number of hydrogen-bond donors (Lipinski definition) is 1. The molecule has 3 nitrogen and oxygen atoms in total. The molecule has 0 fully saturated rings. The summed E-state index contributed by atoms with van der Waals surface area (Å²) in [5.74, 6) is -3.86. The Kier molecular flexibility index (Phi) is 4.27. The summed E-state index contributed by atoms with van der Waals surface area (Å²) in [5, 5.41) is 8.51. The lowest BCUT2D eigenvalue weighted by Crippen LogP contribution is -1.91. The fourth-order valence-electron chi connectivity index (χ4n) is 1.59. The van der Waals surface area contributed by atoms with Gasteiger partial charge in [0.25, 0.3) is 0 Å².